The van der Waals surface area contributed by atoms with E-state index < -0.39 is 12.1 Å². The first-order chi connectivity index (χ1) is 35.5. The van der Waals surface area contributed by atoms with Crippen LogP contribution in [0.1, 0.15) is 373 Å². The third-order valence-corrected chi connectivity index (χ3v) is 15.6. The molecule has 0 bridgehead atoms. The molecule has 428 valence electrons. The van der Waals surface area contributed by atoms with Crippen LogP contribution in [0, 0.1) is 0 Å². The van der Waals surface area contributed by atoms with Gasteiger partial charge in [-0.25, -0.2) is 0 Å². The highest BCUT2D eigenvalue weighted by Crippen LogP contribution is 2.19. The summed E-state index contributed by atoms with van der Waals surface area (Å²) in [7, 11) is 0. The SMILES string of the molecule is CCCCCCCCCCCCCCCCCCCCCCCC(O)C(CO)NC(=O)CCCCCCC/C=C\CCCCCCCCCOC(=O)CCCCCCCCCCCCCCCCCCCC. The summed E-state index contributed by atoms with van der Waals surface area (Å²) in [6.45, 7) is 4.97. The number of unbranched alkanes of at least 4 members (excludes halogenated alkanes) is 49. The number of ether oxygens (including phenoxy) is 1. The molecule has 0 rings (SSSR count). The average Bonchev–Trinajstić information content (AvgIpc) is 3.38. The van der Waals surface area contributed by atoms with Crippen molar-refractivity contribution in [3.05, 3.63) is 12.2 Å². The second kappa shape index (κ2) is 62.1. The zero-order valence-electron chi connectivity index (χ0n) is 48.9. The Morgan fingerprint density at radius 3 is 0.986 bits per heavy atom. The van der Waals surface area contributed by atoms with Gasteiger partial charge in [-0.3, -0.25) is 9.59 Å². The van der Waals surface area contributed by atoms with Crippen molar-refractivity contribution in [2.45, 2.75) is 386 Å². The summed E-state index contributed by atoms with van der Waals surface area (Å²) >= 11 is 0. The zero-order chi connectivity index (χ0) is 52.2. The number of carbonyl (C=O) groups is 2. The smallest absolute Gasteiger partial charge is 0.305 e. The van der Waals surface area contributed by atoms with E-state index in [1.165, 1.54) is 276 Å². The van der Waals surface area contributed by atoms with Crippen molar-refractivity contribution in [1.29, 1.82) is 0 Å². The van der Waals surface area contributed by atoms with Crippen LogP contribution in [0.5, 0.6) is 0 Å². The van der Waals surface area contributed by atoms with E-state index in [1.54, 1.807) is 0 Å². The Morgan fingerprint density at radius 2 is 0.653 bits per heavy atom. The number of carbonyl (C=O) groups excluding carboxylic acids is 2. The predicted molar refractivity (Wildman–Crippen MR) is 315 cm³/mol. The Bertz CT molecular complexity index is 1080. The quantitative estimate of drug-likeness (QED) is 0.0320. The van der Waals surface area contributed by atoms with Crippen molar-refractivity contribution in [3.63, 3.8) is 0 Å². The van der Waals surface area contributed by atoms with Crippen molar-refractivity contribution in [2.75, 3.05) is 13.2 Å². The average molecular weight is 1020 g/mol. The molecule has 0 saturated carbocycles. The van der Waals surface area contributed by atoms with E-state index in [1.807, 2.05) is 0 Å². The molecule has 0 aliphatic heterocycles. The molecule has 0 aliphatic carbocycles. The van der Waals surface area contributed by atoms with Crippen molar-refractivity contribution in [3.8, 4) is 0 Å². The van der Waals surface area contributed by atoms with Crippen LogP contribution >= 0.6 is 0 Å². The van der Waals surface area contributed by atoms with E-state index in [2.05, 4.69) is 31.3 Å². The number of esters is 1. The molecule has 0 saturated heterocycles. The highest BCUT2D eigenvalue weighted by atomic mass is 16.5. The third kappa shape index (κ3) is 57.9. The first-order valence-corrected chi connectivity index (χ1v) is 32.9. The highest BCUT2D eigenvalue weighted by molar-refractivity contribution is 5.76. The van der Waals surface area contributed by atoms with Crippen LogP contribution in [-0.2, 0) is 14.3 Å². The van der Waals surface area contributed by atoms with Gasteiger partial charge in [-0.05, 0) is 51.4 Å². The van der Waals surface area contributed by atoms with Gasteiger partial charge in [0.1, 0.15) is 0 Å². The first-order valence-electron chi connectivity index (χ1n) is 32.9. The summed E-state index contributed by atoms with van der Waals surface area (Å²) in [5, 5.41) is 23.4. The van der Waals surface area contributed by atoms with Crippen LogP contribution in [0.15, 0.2) is 12.2 Å². The second-order valence-corrected chi connectivity index (χ2v) is 22.8. The molecule has 0 aliphatic rings. The number of amides is 1. The van der Waals surface area contributed by atoms with E-state index in [0.29, 0.717) is 25.9 Å². The molecule has 0 radical (unpaired) electrons. The van der Waals surface area contributed by atoms with Gasteiger partial charge in [0.05, 0.1) is 25.4 Å². The molecule has 0 aromatic heterocycles. The Labute approximate surface area is 450 Å². The highest BCUT2D eigenvalue weighted by Gasteiger charge is 2.20. The number of rotatable bonds is 62. The topological polar surface area (TPSA) is 95.9 Å². The number of allylic oxidation sites excluding steroid dienone is 2. The number of aliphatic hydroxyl groups is 2. The van der Waals surface area contributed by atoms with Gasteiger partial charge in [0.2, 0.25) is 5.91 Å². The van der Waals surface area contributed by atoms with E-state index in [9.17, 15) is 19.8 Å². The zero-order valence-corrected chi connectivity index (χ0v) is 48.9. The van der Waals surface area contributed by atoms with Gasteiger partial charge < -0.3 is 20.3 Å². The Balaban J connectivity index is 3.43. The van der Waals surface area contributed by atoms with E-state index in [0.717, 1.165) is 64.2 Å². The van der Waals surface area contributed by atoms with Gasteiger partial charge in [0.15, 0.2) is 0 Å². The van der Waals surface area contributed by atoms with Crippen LogP contribution < -0.4 is 5.32 Å². The molecule has 1 amide bonds. The molecule has 0 fully saturated rings. The van der Waals surface area contributed by atoms with Gasteiger partial charge >= 0.3 is 5.97 Å². The summed E-state index contributed by atoms with van der Waals surface area (Å²) < 4.78 is 5.49. The molecule has 72 heavy (non-hydrogen) atoms. The number of hydrogen-bond donors (Lipinski definition) is 3. The molecule has 3 N–H and O–H groups in total. The van der Waals surface area contributed by atoms with E-state index >= 15 is 0 Å². The molecule has 0 aromatic rings. The molecule has 0 spiro atoms. The minimum Gasteiger partial charge on any atom is -0.466 e. The van der Waals surface area contributed by atoms with Crippen molar-refractivity contribution in [1.82, 2.24) is 5.32 Å². The molecular formula is C66H129NO5. The summed E-state index contributed by atoms with van der Waals surface area (Å²) in [4.78, 5) is 24.6. The lowest BCUT2D eigenvalue weighted by atomic mass is 10.0. The van der Waals surface area contributed by atoms with Crippen LogP contribution in [-0.4, -0.2) is 47.4 Å². The maximum atomic E-state index is 12.5. The van der Waals surface area contributed by atoms with Crippen molar-refractivity contribution < 1.29 is 24.5 Å². The van der Waals surface area contributed by atoms with Gasteiger partial charge in [0.25, 0.3) is 0 Å². The minimum absolute atomic E-state index is 0.00283. The fourth-order valence-corrected chi connectivity index (χ4v) is 10.5. The van der Waals surface area contributed by atoms with E-state index in [-0.39, 0.29) is 18.5 Å². The van der Waals surface area contributed by atoms with Gasteiger partial charge in [-0.15, -0.1) is 0 Å². The lowest BCUT2D eigenvalue weighted by Crippen LogP contribution is -2.45. The van der Waals surface area contributed by atoms with Crippen LogP contribution in [0.4, 0.5) is 0 Å². The maximum absolute atomic E-state index is 12.5. The largest absolute Gasteiger partial charge is 0.466 e. The van der Waals surface area contributed by atoms with Crippen LogP contribution in [0.25, 0.3) is 0 Å². The van der Waals surface area contributed by atoms with Crippen molar-refractivity contribution in [2.24, 2.45) is 0 Å². The monoisotopic (exact) mass is 1020 g/mol. The molecule has 6 nitrogen and oxygen atoms in total. The van der Waals surface area contributed by atoms with E-state index in [4.69, 9.17) is 4.74 Å². The first kappa shape index (κ1) is 70.6. The molecule has 6 heteroatoms. The number of nitrogens with one attached hydrogen (secondary N) is 1. The Morgan fingerprint density at radius 1 is 0.375 bits per heavy atom. The minimum atomic E-state index is -0.675. The summed E-state index contributed by atoms with van der Waals surface area (Å²) in [5.41, 5.74) is 0. The summed E-state index contributed by atoms with van der Waals surface area (Å²) in [6.07, 6.45) is 75.1. The van der Waals surface area contributed by atoms with Crippen LogP contribution in [0.3, 0.4) is 0 Å². The molecule has 2 unspecified atom stereocenters. The second-order valence-electron chi connectivity index (χ2n) is 22.8. The summed E-state index contributed by atoms with van der Waals surface area (Å²) in [5.74, 6) is -0.0448. The fourth-order valence-electron chi connectivity index (χ4n) is 10.5. The fraction of sp³-hybridized carbons (Fsp3) is 0.939. The normalized spacial score (nSPS) is 12.6. The maximum Gasteiger partial charge on any atom is 0.305 e. The standard InChI is InChI=1S/C66H129NO5/c1-3-5-7-9-11-13-15-17-19-21-23-24-25-26-30-34-38-42-46-50-54-58-64(69)63(62-68)67-65(70)59-55-51-47-43-39-35-31-28-29-33-37-41-45-49-53-57-61-72-66(71)60-56-52-48-44-40-36-32-27-22-20-18-16-14-12-10-8-6-4-2/h28,31,63-64,68-69H,3-27,29-30,32-62H2,1-2H3,(H,67,70)/b31-28-. The lowest BCUT2D eigenvalue weighted by molar-refractivity contribution is -0.143. The molecule has 0 heterocycles. The molecule has 2 atom stereocenters. The van der Waals surface area contributed by atoms with Gasteiger partial charge in [-0.1, -0.05) is 321 Å². The van der Waals surface area contributed by atoms with Crippen molar-refractivity contribution >= 4 is 11.9 Å². The molecular weight excluding hydrogens is 887 g/mol. The van der Waals surface area contributed by atoms with Gasteiger partial charge in [0, 0.05) is 12.8 Å². The number of aliphatic hydroxyl groups excluding tert-OH is 2. The Hall–Kier alpha value is -1.40. The number of hydrogen-bond acceptors (Lipinski definition) is 5. The lowest BCUT2D eigenvalue weighted by Gasteiger charge is -2.22. The predicted octanol–water partition coefficient (Wildman–Crippen LogP) is 20.8. The summed E-state index contributed by atoms with van der Waals surface area (Å²) in [6, 6.07) is -0.554. The van der Waals surface area contributed by atoms with Crippen LogP contribution in [0.2, 0.25) is 0 Å². The Kier molecular flexibility index (Phi) is 60.9. The molecule has 0 aromatic carbocycles. The third-order valence-electron chi connectivity index (χ3n) is 15.6. The van der Waals surface area contributed by atoms with Gasteiger partial charge in [-0.2, -0.15) is 0 Å².